The van der Waals surface area contributed by atoms with Crippen LogP contribution in [0.2, 0.25) is 0 Å². The zero-order chi connectivity index (χ0) is 22.8. The van der Waals surface area contributed by atoms with Crippen LogP contribution in [0, 0.1) is 13.8 Å². The maximum absolute atomic E-state index is 12.8. The highest BCUT2D eigenvalue weighted by Gasteiger charge is 2.15. The van der Waals surface area contributed by atoms with E-state index in [1.165, 1.54) is 33.6 Å². The number of carbonyl (C=O) groups is 1. The number of thiophene rings is 1. The highest BCUT2D eigenvalue weighted by molar-refractivity contribution is 7.18. The highest BCUT2D eigenvalue weighted by Crippen LogP contribution is 2.35. The molecule has 0 spiro atoms. The first-order valence-corrected chi connectivity index (χ1v) is 11.5. The molecule has 0 saturated heterocycles. The van der Waals surface area contributed by atoms with Crippen molar-refractivity contribution < 1.29 is 14.3 Å². The average molecular weight is 471 g/mol. The third kappa shape index (κ3) is 4.23. The third-order valence-electron chi connectivity index (χ3n) is 5.17. The summed E-state index contributed by atoms with van der Waals surface area (Å²) in [4.78, 5) is 35.9. The van der Waals surface area contributed by atoms with Crippen molar-refractivity contribution in [2.75, 3.05) is 19.5 Å². The largest absolute Gasteiger partial charge is 0.497 e. The van der Waals surface area contributed by atoms with Crippen LogP contribution < -0.4 is 20.3 Å². The SMILES string of the molecule is COc1ccc(OC)c(-c2csc(NC(=O)CCn3cnc4sc(C)c(C)c4c3=O)n2)c1. The fraction of sp³-hybridized carbons (Fsp3) is 0.273. The molecule has 166 valence electrons. The summed E-state index contributed by atoms with van der Waals surface area (Å²) in [7, 11) is 3.19. The van der Waals surface area contributed by atoms with E-state index in [1.54, 1.807) is 14.2 Å². The Morgan fingerprint density at radius 3 is 2.78 bits per heavy atom. The summed E-state index contributed by atoms with van der Waals surface area (Å²) >= 11 is 2.82. The van der Waals surface area contributed by atoms with Crippen LogP contribution in [0.3, 0.4) is 0 Å². The standard InChI is InChI=1S/C22H22N4O4S2/c1-12-13(2)32-20-19(12)21(28)26(11-23-20)8-7-18(27)25-22-24-16(10-31-22)15-9-14(29-3)5-6-17(15)30-4/h5-6,9-11H,7-8H2,1-4H3,(H,24,25,27). The average Bonchev–Trinajstić information content (AvgIpc) is 3.37. The Labute approximate surface area is 192 Å². The molecule has 1 aromatic carbocycles. The predicted octanol–water partition coefficient (Wildman–Crippen LogP) is 4.24. The second-order valence-electron chi connectivity index (χ2n) is 7.11. The van der Waals surface area contributed by atoms with E-state index < -0.39 is 0 Å². The molecule has 0 fully saturated rings. The number of carbonyl (C=O) groups excluding carboxylic acids is 1. The number of fused-ring (bicyclic) bond motifs is 1. The Hall–Kier alpha value is -3.24. The van der Waals surface area contributed by atoms with Gasteiger partial charge in [0, 0.05) is 28.8 Å². The monoisotopic (exact) mass is 470 g/mol. The van der Waals surface area contributed by atoms with Crippen molar-refractivity contribution in [2.45, 2.75) is 26.8 Å². The molecule has 3 heterocycles. The summed E-state index contributed by atoms with van der Waals surface area (Å²) in [6.07, 6.45) is 1.64. The molecule has 0 aliphatic carbocycles. The molecule has 32 heavy (non-hydrogen) atoms. The van der Waals surface area contributed by atoms with Crippen molar-refractivity contribution >= 4 is 43.9 Å². The summed E-state index contributed by atoms with van der Waals surface area (Å²) in [6, 6.07) is 5.46. The quantitative estimate of drug-likeness (QED) is 0.434. The topological polar surface area (TPSA) is 95.3 Å². The van der Waals surface area contributed by atoms with E-state index in [0.29, 0.717) is 27.7 Å². The Balaban J connectivity index is 1.46. The van der Waals surface area contributed by atoms with E-state index in [-0.39, 0.29) is 24.4 Å². The molecule has 4 aromatic rings. The minimum absolute atomic E-state index is 0.119. The second-order valence-corrected chi connectivity index (χ2v) is 9.17. The van der Waals surface area contributed by atoms with Crippen LogP contribution in [-0.2, 0) is 11.3 Å². The Morgan fingerprint density at radius 1 is 1.22 bits per heavy atom. The van der Waals surface area contributed by atoms with Gasteiger partial charge in [-0.25, -0.2) is 9.97 Å². The molecule has 0 saturated carbocycles. The Bertz CT molecular complexity index is 1360. The molecule has 1 amide bonds. The molecule has 0 unspecified atom stereocenters. The Morgan fingerprint density at radius 2 is 2.03 bits per heavy atom. The van der Waals surface area contributed by atoms with Crippen LogP contribution >= 0.6 is 22.7 Å². The van der Waals surface area contributed by atoms with Crippen LogP contribution in [0.5, 0.6) is 11.5 Å². The first-order valence-electron chi connectivity index (χ1n) is 9.84. The molecule has 0 atom stereocenters. The molecule has 3 aromatic heterocycles. The zero-order valence-electron chi connectivity index (χ0n) is 18.1. The van der Waals surface area contributed by atoms with E-state index in [2.05, 4.69) is 15.3 Å². The van der Waals surface area contributed by atoms with Crippen LogP contribution in [-0.4, -0.2) is 34.7 Å². The second kappa shape index (κ2) is 9.09. The van der Waals surface area contributed by atoms with Gasteiger partial charge in [-0.3, -0.25) is 14.2 Å². The van der Waals surface area contributed by atoms with Crippen molar-refractivity contribution in [1.82, 2.24) is 14.5 Å². The van der Waals surface area contributed by atoms with Crippen molar-refractivity contribution in [3.05, 3.63) is 50.7 Å². The summed E-state index contributed by atoms with van der Waals surface area (Å²) in [5.74, 6) is 1.12. The van der Waals surface area contributed by atoms with Crippen molar-refractivity contribution in [3.63, 3.8) is 0 Å². The fourth-order valence-electron chi connectivity index (χ4n) is 3.30. The van der Waals surface area contributed by atoms with E-state index in [0.717, 1.165) is 20.8 Å². The van der Waals surface area contributed by atoms with Crippen molar-refractivity contribution in [1.29, 1.82) is 0 Å². The molecule has 0 bridgehead atoms. The first kappa shape index (κ1) is 22.0. The number of benzene rings is 1. The molecular weight excluding hydrogens is 448 g/mol. The van der Waals surface area contributed by atoms with E-state index in [1.807, 2.05) is 37.4 Å². The van der Waals surface area contributed by atoms with Gasteiger partial charge in [0.05, 0.1) is 31.6 Å². The lowest BCUT2D eigenvalue weighted by atomic mass is 10.1. The third-order valence-corrected chi connectivity index (χ3v) is 7.04. The summed E-state index contributed by atoms with van der Waals surface area (Å²) in [6.45, 7) is 4.14. The molecule has 0 aliphatic rings. The number of anilines is 1. The van der Waals surface area contributed by atoms with Gasteiger partial charge in [0.1, 0.15) is 16.3 Å². The van der Waals surface area contributed by atoms with Crippen LogP contribution in [0.4, 0.5) is 5.13 Å². The van der Waals surface area contributed by atoms with Crippen LogP contribution in [0.15, 0.2) is 34.7 Å². The number of amides is 1. The van der Waals surface area contributed by atoms with Crippen molar-refractivity contribution in [2.24, 2.45) is 0 Å². The minimum atomic E-state index is -0.228. The minimum Gasteiger partial charge on any atom is -0.497 e. The summed E-state index contributed by atoms with van der Waals surface area (Å²) < 4.78 is 12.2. The maximum Gasteiger partial charge on any atom is 0.262 e. The van der Waals surface area contributed by atoms with Gasteiger partial charge in [0.15, 0.2) is 5.13 Å². The number of nitrogens with one attached hydrogen (secondary N) is 1. The molecule has 0 aliphatic heterocycles. The van der Waals surface area contributed by atoms with Crippen molar-refractivity contribution in [3.8, 4) is 22.8 Å². The first-order chi connectivity index (χ1) is 15.4. The molecule has 1 N–H and O–H groups in total. The number of nitrogens with zero attached hydrogens (tertiary/aromatic N) is 3. The zero-order valence-corrected chi connectivity index (χ0v) is 19.7. The molecule has 10 heteroatoms. The summed E-state index contributed by atoms with van der Waals surface area (Å²) in [5.41, 5.74) is 2.28. The van der Waals surface area contributed by atoms with Crippen LogP contribution in [0.1, 0.15) is 16.9 Å². The number of rotatable bonds is 7. The normalized spacial score (nSPS) is 11.0. The maximum atomic E-state index is 12.8. The van der Waals surface area contributed by atoms with Gasteiger partial charge in [-0.1, -0.05) is 0 Å². The summed E-state index contributed by atoms with van der Waals surface area (Å²) in [5, 5.41) is 5.75. The number of hydrogen-bond donors (Lipinski definition) is 1. The Kier molecular flexibility index (Phi) is 6.24. The van der Waals surface area contributed by atoms with Gasteiger partial charge in [0.2, 0.25) is 5.91 Å². The highest BCUT2D eigenvalue weighted by atomic mass is 32.1. The van der Waals surface area contributed by atoms with Crippen LogP contribution in [0.25, 0.3) is 21.5 Å². The fourth-order valence-corrected chi connectivity index (χ4v) is 5.02. The number of hydrogen-bond acceptors (Lipinski definition) is 8. The van der Waals surface area contributed by atoms with Gasteiger partial charge in [-0.15, -0.1) is 22.7 Å². The number of aryl methyl sites for hydroxylation is 3. The number of aromatic nitrogens is 3. The molecular formula is C22H22N4O4S2. The number of thiazole rings is 1. The lowest BCUT2D eigenvalue weighted by Gasteiger charge is -2.08. The molecule has 4 rings (SSSR count). The van der Waals surface area contributed by atoms with E-state index >= 15 is 0 Å². The van der Waals surface area contributed by atoms with Gasteiger partial charge < -0.3 is 14.8 Å². The number of ether oxygens (including phenoxy) is 2. The molecule has 0 radical (unpaired) electrons. The van der Waals surface area contributed by atoms with Gasteiger partial charge in [-0.05, 0) is 37.6 Å². The molecule has 8 nitrogen and oxygen atoms in total. The number of methoxy groups -OCH3 is 2. The van der Waals surface area contributed by atoms with E-state index in [4.69, 9.17) is 9.47 Å². The lowest BCUT2D eigenvalue weighted by Crippen LogP contribution is -2.23. The lowest BCUT2D eigenvalue weighted by molar-refractivity contribution is -0.116. The predicted molar refractivity (Wildman–Crippen MR) is 127 cm³/mol. The van der Waals surface area contributed by atoms with Gasteiger partial charge in [-0.2, -0.15) is 0 Å². The van der Waals surface area contributed by atoms with Gasteiger partial charge in [0.25, 0.3) is 5.56 Å². The van der Waals surface area contributed by atoms with Gasteiger partial charge >= 0.3 is 0 Å². The van der Waals surface area contributed by atoms with E-state index in [9.17, 15) is 9.59 Å². The smallest absolute Gasteiger partial charge is 0.262 e.